The van der Waals surface area contributed by atoms with Crippen molar-refractivity contribution < 1.29 is 0 Å². The van der Waals surface area contributed by atoms with Crippen molar-refractivity contribution >= 4 is 10.8 Å². The highest BCUT2D eigenvalue weighted by Gasteiger charge is 2.21. The fourth-order valence-electron chi connectivity index (χ4n) is 3.39. The third-order valence-electron chi connectivity index (χ3n) is 4.38. The van der Waals surface area contributed by atoms with E-state index in [0.29, 0.717) is 6.04 Å². The van der Waals surface area contributed by atoms with Crippen molar-refractivity contribution in [2.24, 2.45) is 0 Å². The van der Waals surface area contributed by atoms with Crippen LogP contribution in [0.1, 0.15) is 31.4 Å². The lowest BCUT2D eigenvalue weighted by molar-refractivity contribution is 0.206. The van der Waals surface area contributed by atoms with E-state index in [1.54, 1.807) is 0 Å². The summed E-state index contributed by atoms with van der Waals surface area (Å²) in [6, 6.07) is 16.0. The molecule has 0 saturated carbocycles. The van der Waals surface area contributed by atoms with Crippen molar-refractivity contribution in [1.29, 1.82) is 0 Å². The summed E-state index contributed by atoms with van der Waals surface area (Å²) in [4.78, 5) is 2.65. The first kappa shape index (κ1) is 13.6. The van der Waals surface area contributed by atoms with Gasteiger partial charge in [0.15, 0.2) is 0 Å². The van der Waals surface area contributed by atoms with Gasteiger partial charge in [0.25, 0.3) is 0 Å². The van der Waals surface area contributed by atoms with Gasteiger partial charge in [-0.3, -0.25) is 4.90 Å². The van der Waals surface area contributed by atoms with E-state index in [2.05, 4.69) is 59.6 Å². The van der Waals surface area contributed by atoms with Crippen LogP contribution in [0.2, 0.25) is 0 Å². The summed E-state index contributed by atoms with van der Waals surface area (Å²) in [7, 11) is 0. The number of nitrogens with zero attached hydrogens (tertiary/aromatic N) is 1. The van der Waals surface area contributed by atoms with Crippen LogP contribution < -0.4 is 5.32 Å². The molecule has 1 N–H and O–H groups in total. The molecule has 0 bridgehead atoms. The van der Waals surface area contributed by atoms with Gasteiger partial charge in [-0.15, -0.1) is 0 Å². The second kappa shape index (κ2) is 6.38. The topological polar surface area (TPSA) is 15.3 Å². The molecular weight excluding hydrogens is 244 g/mol. The first-order chi connectivity index (χ1) is 9.90. The summed E-state index contributed by atoms with van der Waals surface area (Å²) in [6.45, 7) is 6.94. The van der Waals surface area contributed by atoms with Crippen molar-refractivity contribution in [3.8, 4) is 0 Å². The van der Waals surface area contributed by atoms with E-state index in [9.17, 15) is 0 Å². The number of hydrogen-bond donors (Lipinski definition) is 1. The molecule has 2 aromatic rings. The molecule has 0 spiro atoms. The highest BCUT2D eigenvalue weighted by atomic mass is 15.2. The molecule has 2 aromatic carbocycles. The molecule has 1 aliphatic heterocycles. The summed E-state index contributed by atoms with van der Waals surface area (Å²) in [5, 5.41) is 6.28. The third-order valence-corrected chi connectivity index (χ3v) is 4.38. The molecule has 2 heteroatoms. The van der Waals surface area contributed by atoms with Crippen molar-refractivity contribution in [3.05, 3.63) is 48.0 Å². The fraction of sp³-hybridized carbons (Fsp3) is 0.444. The minimum Gasteiger partial charge on any atom is -0.315 e. The Bertz CT molecular complexity index is 551. The van der Waals surface area contributed by atoms with Crippen molar-refractivity contribution in [2.45, 2.75) is 25.8 Å². The molecule has 1 heterocycles. The Morgan fingerprint density at radius 1 is 1.05 bits per heavy atom. The van der Waals surface area contributed by atoms with E-state index in [-0.39, 0.29) is 0 Å². The minimum absolute atomic E-state index is 0.543. The molecule has 20 heavy (non-hydrogen) atoms. The van der Waals surface area contributed by atoms with Crippen LogP contribution >= 0.6 is 0 Å². The SMILES string of the molecule is CCC(c1cccc2ccccc12)N1CCCNCC1. The Morgan fingerprint density at radius 3 is 2.80 bits per heavy atom. The van der Waals surface area contributed by atoms with E-state index in [1.165, 1.54) is 35.7 Å². The van der Waals surface area contributed by atoms with E-state index < -0.39 is 0 Å². The van der Waals surface area contributed by atoms with Crippen LogP contribution in [0.25, 0.3) is 10.8 Å². The fourth-order valence-corrected chi connectivity index (χ4v) is 3.39. The number of nitrogens with one attached hydrogen (secondary N) is 1. The van der Waals surface area contributed by atoms with E-state index in [1.807, 2.05) is 0 Å². The molecule has 3 rings (SSSR count). The lowest BCUT2D eigenvalue weighted by Crippen LogP contribution is -2.32. The zero-order chi connectivity index (χ0) is 13.8. The van der Waals surface area contributed by atoms with Crippen LogP contribution in [-0.4, -0.2) is 31.1 Å². The van der Waals surface area contributed by atoms with Crippen LogP contribution in [0.5, 0.6) is 0 Å². The number of benzene rings is 2. The predicted octanol–water partition coefficient (Wildman–Crippen LogP) is 3.59. The van der Waals surface area contributed by atoms with Crippen LogP contribution in [0.4, 0.5) is 0 Å². The monoisotopic (exact) mass is 268 g/mol. The Balaban J connectivity index is 1.98. The standard InChI is InChI=1S/C18H24N2/c1-2-18(20-13-6-11-19-12-14-20)17-10-5-8-15-7-3-4-9-16(15)17/h3-5,7-10,18-19H,2,6,11-14H2,1H3. The van der Waals surface area contributed by atoms with Gasteiger partial charge in [0.2, 0.25) is 0 Å². The van der Waals surface area contributed by atoms with Gasteiger partial charge in [0.1, 0.15) is 0 Å². The molecule has 0 aliphatic carbocycles. The maximum atomic E-state index is 3.50. The number of hydrogen-bond acceptors (Lipinski definition) is 2. The average Bonchev–Trinajstić information content (AvgIpc) is 2.78. The molecule has 106 valence electrons. The summed E-state index contributed by atoms with van der Waals surface area (Å²) >= 11 is 0. The lowest BCUT2D eigenvalue weighted by Gasteiger charge is -2.30. The third kappa shape index (κ3) is 2.72. The normalized spacial score (nSPS) is 18.9. The second-order valence-corrected chi connectivity index (χ2v) is 5.63. The predicted molar refractivity (Wildman–Crippen MR) is 86.0 cm³/mol. The first-order valence-electron chi connectivity index (χ1n) is 7.82. The molecule has 1 unspecified atom stereocenters. The summed E-state index contributed by atoms with van der Waals surface area (Å²) < 4.78 is 0. The second-order valence-electron chi connectivity index (χ2n) is 5.63. The average molecular weight is 268 g/mol. The molecule has 0 amide bonds. The zero-order valence-corrected chi connectivity index (χ0v) is 12.3. The van der Waals surface area contributed by atoms with Gasteiger partial charge in [-0.25, -0.2) is 0 Å². The number of rotatable bonds is 3. The van der Waals surface area contributed by atoms with E-state index in [4.69, 9.17) is 0 Å². The smallest absolute Gasteiger partial charge is 0.0352 e. The van der Waals surface area contributed by atoms with Crippen molar-refractivity contribution in [1.82, 2.24) is 10.2 Å². The van der Waals surface area contributed by atoms with Gasteiger partial charge in [-0.1, -0.05) is 49.4 Å². The van der Waals surface area contributed by atoms with Gasteiger partial charge < -0.3 is 5.32 Å². The Hall–Kier alpha value is -1.38. The molecule has 1 atom stereocenters. The molecule has 0 radical (unpaired) electrons. The van der Waals surface area contributed by atoms with Crippen LogP contribution in [0.15, 0.2) is 42.5 Å². The zero-order valence-electron chi connectivity index (χ0n) is 12.3. The lowest BCUT2D eigenvalue weighted by atomic mass is 9.96. The van der Waals surface area contributed by atoms with Crippen LogP contribution in [0, 0.1) is 0 Å². The van der Waals surface area contributed by atoms with E-state index in [0.717, 1.165) is 19.6 Å². The van der Waals surface area contributed by atoms with E-state index >= 15 is 0 Å². The Labute approximate surface area is 121 Å². The number of fused-ring (bicyclic) bond motifs is 1. The van der Waals surface area contributed by atoms with Gasteiger partial charge in [-0.2, -0.15) is 0 Å². The highest BCUT2D eigenvalue weighted by molar-refractivity contribution is 5.86. The maximum absolute atomic E-state index is 3.50. The minimum atomic E-state index is 0.543. The molecular formula is C18H24N2. The summed E-state index contributed by atoms with van der Waals surface area (Å²) in [5.74, 6) is 0. The Morgan fingerprint density at radius 2 is 1.90 bits per heavy atom. The van der Waals surface area contributed by atoms with Crippen molar-refractivity contribution in [3.63, 3.8) is 0 Å². The van der Waals surface area contributed by atoms with Crippen LogP contribution in [-0.2, 0) is 0 Å². The molecule has 2 nitrogen and oxygen atoms in total. The molecule has 0 aromatic heterocycles. The largest absolute Gasteiger partial charge is 0.315 e. The van der Waals surface area contributed by atoms with Gasteiger partial charge in [-0.05, 0) is 35.7 Å². The van der Waals surface area contributed by atoms with Gasteiger partial charge >= 0.3 is 0 Å². The van der Waals surface area contributed by atoms with Crippen molar-refractivity contribution in [2.75, 3.05) is 26.2 Å². The van der Waals surface area contributed by atoms with Gasteiger partial charge in [0.05, 0.1) is 0 Å². The summed E-state index contributed by atoms with van der Waals surface area (Å²) in [5.41, 5.74) is 1.49. The highest BCUT2D eigenvalue weighted by Crippen LogP contribution is 2.30. The molecule has 1 aliphatic rings. The first-order valence-corrected chi connectivity index (χ1v) is 7.82. The molecule has 1 saturated heterocycles. The quantitative estimate of drug-likeness (QED) is 0.915. The Kier molecular flexibility index (Phi) is 4.34. The van der Waals surface area contributed by atoms with Gasteiger partial charge in [0, 0.05) is 25.7 Å². The summed E-state index contributed by atoms with van der Waals surface area (Å²) in [6.07, 6.45) is 2.43. The van der Waals surface area contributed by atoms with Crippen LogP contribution in [0.3, 0.4) is 0 Å². The maximum Gasteiger partial charge on any atom is 0.0352 e. The molecule has 1 fully saturated rings.